The van der Waals surface area contributed by atoms with E-state index in [-0.39, 0.29) is 11.8 Å². The van der Waals surface area contributed by atoms with Gasteiger partial charge >= 0.3 is 0 Å². The molecule has 2 unspecified atom stereocenters. The average molecular weight is 278 g/mol. The van der Waals surface area contributed by atoms with Gasteiger partial charge in [-0.3, -0.25) is 0 Å². The molecule has 2 bridgehead atoms. The first kappa shape index (κ1) is 12.5. The van der Waals surface area contributed by atoms with E-state index in [2.05, 4.69) is 18.3 Å². The number of hydrogen-bond acceptors (Lipinski definition) is 3. The van der Waals surface area contributed by atoms with E-state index in [1.54, 1.807) is 0 Å². The van der Waals surface area contributed by atoms with E-state index in [1.165, 1.54) is 0 Å². The van der Waals surface area contributed by atoms with Gasteiger partial charge in [-0.1, -0.05) is 0 Å². The lowest BCUT2D eigenvalue weighted by molar-refractivity contribution is -0.0563. The topological polar surface area (TPSA) is 33.7 Å². The molecule has 1 aromatic rings. The smallest absolute Gasteiger partial charge is 0.183 e. The van der Waals surface area contributed by atoms with Gasteiger partial charge in [-0.15, -0.1) is 0 Å². The summed E-state index contributed by atoms with van der Waals surface area (Å²) in [5.41, 5.74) is 0.765. The van der Waals surface area contributed by atoms with Gasteiger partial charge in [-0.25, -0.2) is 0 Å². The molecule has 0 saturated carbocycles. The van der Waals surface area contributed by atoms with Crippen molar-refractivity contribution in [3.8, 4) is 11.5 Å². The number of ether oxygens (including phenoxy) is 2. The van der Waals surface area contributed by atoms with Crippen LogP contribution in [0.25, 0.3) is 0 Å². The van der Waals surface area contributed by atoms with Gasteiger partial charge in [0.2, 0.25) is 0 Å². The van der Waals surface area contributed by atoms with Gasteiger partial charge in [0.25, 0.3) is 0 Å². The third-order valence-electron chi connectivity index (χ3n) is 3.90. The average Bonchev–Trinajstić information content (AvgIpc) is 2.36. The molecule has 1 saturated heterocycles. The Balaban J connectivity index is 2.02. The minimum atomic E-state index is -0.384. The summed E-state index contributed by atoms with van der Waals surface area (Å²) in [6.07, 6.45) is 0.880. The van der Waals surface area contributed by atoms with E-state index in [0.717, 1.165) is 28.6 Å². The first-order valence-corrected chi connectivity index (χ1v) is 6.94. The van der Waals surface area contributed by atoms with Crippen LogP contribution in [-0.4, -0.2) is 29.4 Å². The molecule has 4 nitrogen and oxygen atoms in total. The third-order valence-corrected chi connectivity index (χ3v) is 4.29. The highest BCUT2D eigenvalue weighted by molar-refractivity contribution is 7.80. The maximum atomic E-state index is 6.18. The lowest BCUT2D eigenvalue weighted by atomic mass is 9.91. The van der Waals surface area contributed by atoms with Gasteiger partial charge in [0, 0.05) is 25.1 Å². The van der Waals surface area contributed by atoms with Crippen molar-refractivity contribution in [2.24, 2.45) is 0 Å². The lowest BCUT2D eigenvalue weighted by Gasteiger charge is -2.50. The second-order valence-electron chi connectivity index (χ2n) is 5.17. The van der Waals surface area contributed by atoms with Gasteiger partial charge in [0.1, 0.15) is 11.5 Å². The van der Waals surface area contributed by atoms with E-state index in [0.29, 0.717) is 6.61 Å². The molecule has 3 rings (SSSR count). The second-order valence-corrected chi connectivity index (χ2v) is 5.56. The molecule has 0 amide bonds. The summed E-state index contributed by atoms with van der Waals surface area (Å²) in [5, 5.41) is 4.10. The van der Waals surface area contributed by atoms with Crippen LogP contribution in [0.2, 0.25) is 0 Å². The maximum Gasteiger partial charge on any atom is 0.183 e. The Labute approximate surface area is 118 Å². The Bertz CT molecular complexity index is 534. The molecule has 2 atom stereocenters. The van der Waals surface area contributed by atoms with Crippen molar-refractivity contribution < 1.29 is 9.47 Å². The van der Waals surface area contributed by atoms with E-state index < -0.39 is 0 Å². The van der Waals surface area contributed by atoms with Crippen molar-refractivity contribution in [1.29, 1.82) is 0 Å². The van der Waals surface area contributed by atoms with Crippen LogP contribution in [0.3, 0.4) is 0 Å². The summed E-state index contributed by atoms with van der Waals surface area (Å²) in [5.74, 6) is 1.72. The van der Waals surface area contributed by atoms with Crippen LogP contribution in [0.5, 0.6) is 11.5 Å². The van der Waals surface area contributed by atoms with Crippen LogP contribution in [0.1, 0.15) is 31.9 Å². The van der Waals surface area contributed by atoms with Crippen LogP contribution in [0, 0.1) is 0 Å². The van der Waals surface area contributed by atoms with Crippen molar-refractivity contribution in [3.05, 3.63) is 23.8 Å². The molecule has 0 aliphatic carbocycles. The van der Waals surface area contributed by atoms with Crippen LogP contribution in [0.15, 0.2) is 18.2 Å². The Hall–Kier alpha value is -1.49. The van der Waals surface area contributed by atoms with E-state index in [9.17, 15) is 0 Å². The molecular weight excluding hydrogens is 260 g/mol. The molecule has 0 aromatic heterocycles. The highest BCUT2D eigenvalue weighted by Crippen LogP contribution is 2.44. The number of hydrogen-bond donors (Lipinski definition) is 1. The van der Waals surface area contributed by atoms with Gasteiger partial charge in [-0.05, 0) is 38.2 Å². The fourth-order valence-corrected chi connectivity index (χ4v) is 3.04. The lowest BCUT2D eigenvalue weighted by Crippen LogP contribution is -2.63. The predicted molar refractivity (Wildman–Crippen MR) is 77.5 cm³/mol. The zero-order chi connectivity index (χ0) is 13.6. The largest absolute Gasteiger partial charge is 0.494 e. The number of rotatable bonds is 2. The number of nitrogens with zero attached hydrogens (tertiary/aromatic N) is 1. The molecule has 1 aromatic carbocycles. The van der Waals surface area contributed by atoms with Gasteiger partial charge < -0.3 is 19.7 Å². The van der Waals surface area contributed by atoms with Crippen molar-refractivity contribution >= 4 is 17.3 Å². The first-order chi connectivity index (χ1) is 9.03. The molecule has 19 heavy (non-hydrogen) atoms. The van der Waals surface area contributed by atoms with Crippen LogP contribution in [0.4, 0.5) is 0 Å². The summed E-state index contributed by atoms with van der Waals surface area (Å²) in [7, 11) is 1.96. The summed E-state index contributed by atoms with van der Waals surface area (Å²) >= 11 is 5.36. The van der Waals surface area contributed by atoms with E-state index in [1.807, 2.05) is 31.0 Å². The van der Waals surface area contributed by atoms with Gasteiger partial charge in [-0.2, -0.15) is 0 Å². The Morgan fingerprint density at radius 1 is 1.58 bits per heavy atom. The number of fused-ring (bicyclic) bond motifs is 4. The molecule has 2 aliphatic heterocycles. The standard InChI is InChI=1S/C14H18N2O2S/c1-4-17-9-5-6-10-11-8-14(2,18-12(10)7-9)16(3)13(19)15-11/h5-7,11H,4,8H2,1-3H3,(H,15,19). The third kappa shape index (κ3) is 1.92. The molecule has 5 heteroatoms. The number of nitrogens with one attached hydrogen (secondary N) is 1. The Morgan fingerprint density at radius 3 is 3.11 bits per heavy atom. The normalized spacial score (nSPS) is 28.3. The zero-order valence-corrected chi connectivity index (χ0v) is 12.2. The van der Waals surface area contributed by atoms with E-state index >= 15 is 0 Å². The first-order valence-electron chi connectivity index (χ1n) is 6.53. The van der Waals surface area contributed by atoms with Crippen LogP contribution < -0.4 is 14.8 Å². The van der Waals surface area contributed by atoms with E-state index in [4.69, 9.17) is 21.7 Å². The van der Waals surface area contributed by atoms with Gasteiger partial charge in [0.15, 0.2) is 10.8 Å². The highest BCUT2D eigenvalue weighted by Gasteiger charge is 2.45. The molecular formula is C14H18N2O2S. The Morgan fingerprint density at radius 2 is 2.37 bits per heavy atom. The van der Waals surface area contributed by atoms with Crippen LogP contribution >= 0.6 is 12.2 Å². The molecule has 2 aliphatic rings. The highest BCUT2D eigenvalue weighted by atomic mass is 32.1. The van der Waals surface area contributed by atoms with Crippen molar-refractivity contribution in [2.75, 3.05) is 13.7 Å². The molecule has 0 radical (unpaired) electrons. The predicted octanol–water partition coefficient (Wildman–Crippen LogP) is 2.45. The molecule has 1 N–H and O–H groups in total. The Kier molecular flexibility index (Phi) is 2.82. The minimum absolute atomic E-state index is 0.216. The molecule has 102 valence electrons. The van der Waals surface area contributed by atoms with Crippen molar-refractivity contribution in [3.63, 3.8) is 0 Å². The fourth-order valence-electron chi connectivity index (χ4n) is 2.71. The summed E-state index contributed by atoms with van der Waals surface area (Å²) in [6, 6.07) is 6.23. The summed E-state index contributed by atoms with van der Waals surface area (Å²) in [6.45, 7) is 4.70. The summed E-state index contributed by atoms with van der Waals surface area (Å²) in [4.78, 5) is 1.98. The maximum absolute atomic E-state index is 6.18. The molecule has 1 fully saturated rings. The minimum Gasteiger partial charge on any atom is -0.494 e. The molecule has 0 spiro atoms. The van der Waals surface area contributed by atoms with Crippen LogP contribution in [-0.2, 0) is 0 Å². The zero-order valence-electron chi connectivity index (χ0n) is 11.4. The summed E-state index contributed by atoms with van der Waals surface area (Å²) < 4.78 is 11.7. The number of thiocarbonyl (C=S) groups is 1. The molecule has 2 heterocycles. The fraction of sp³-hybridized carbons (Fsp3) is 0.500. The quantitative estimate of drug-likeness (QED) is 0.840. The van der Waals surface area contributed by atoms with Gasteiger partial charge in [0.05, 0.1) is 12.6 Å². The second kappa shape index (κ2) is 4.27. The van der Waals surface area contributed by atoms with Crippen molar-refractivity contribution in [1.82, 2.24) is 10.2 Å². The van der Waals surface area contributed by atoms with Crippen molar-refractivity contribution in [2.45, 2.75) is 32.0 Å². The number of benzene rings is 1. The SMILES string of the molecule is CCOc1ccc2c(c1)OC1(C)CC2NC(=S)N1C. The monoisotopic (exact) mass is 278 g/mol.